The van der Waals surface area contributed by atoms with Crippen molar-refractivity contribution < 1.29 is 9.59 Å². The van der Waals surface area contributed by atoms with E-state index in [0.29, 0.717) is 28.7 Å². The molecule has 2 amide bonds. The molecule has 0 aliphatic rings. The minimum Gasteiger partial charge on any atom is -0.342 e. The molecule has 0 atom stereocenters. The van der Waals surface area contributed by atoms with Crippen molar-refractivity contribution in [2.24, 2.45) is 0 Å². The fourth-order valence-corrected chi connectivity index (χ4v) is 2.10. The Morgan fingerprint density at radius 3 is 2.20 bits per heavy atom. The van der Waals surface area contributed by atoms with Gasteiger partial charge in [-0.25, -0.2) is 0 Å². The Labute approximate surface area is 129 Å². The Hall–Kier alpha value is -1.26. The predicted molar refractivity (Wildman–Crippen MR) is 81.4 cm³/mol. The molecule has 0 radical (unpaired) electrons. The molecule has 0 fully saturated rings. The Kier molecular flexibility index (Phi) is 6.30. The van der Waals surface area contributed by atoms with E-state index in [2.05, 4.69) is 0 Å². The molecule has 0 aliphatic carbocycles. The summed E-state index contributed by atoms with van der Waals surface area (Å²) in [6, 6.07) is 4.66. The second kappa shape index (κ2) is 7.50. The van der Waals surface area contributed by atoms with Gasteiger partial charge in [0.05, 0.1) is 16.6 Å². The van der Waals surface area contributed by atoms with Gasteiger partial charge in [-0.3, -0.25) is 9.59 Å². The number of hydrogen-bond donors (Lipinski definition) is 0. The van der Waals surface area contributed by atoms with Crippen molar-refractivity contribution in [3.05, 3.63) is 33.8 Å². The lowest BCUT2D eigenvalue weighted by Crippen LogP contribution is -2.41. The number of hydrogen-bond acceptors (Lipinski definition) is 2. The summed E-state index contributed by atoms with van der Waals surface area (Å²) in [5.41, 5.74) is 0.411. The van der Waals surface area contributed by atoms with Crippen molar-refractivity contribution in [3.8, 4) is 0 Å². The third-order valence-electron chi connectivity index (χ3n) is 3.00. The predicted octanol–water partition coefficient (Wildman–Crippen LogP) is 2.93. The largest absolute Gasteiger partial charge is 0.342 e. The van der Waals surface area contributed by atoms with Crippen LogP contribution in [0.3, 0.4) is 0 Å². The van der Waals surface area contributed by atoms with E-state index >= 15 is 0 Å². The molecule has 4 nitrogen and oxygen atoms in total. The van der Waals surface area contributed by atoms with Crippen LogP contribution >= 0.6 is 23.2 Å². The van der Waals surface area contributed by atoms with Gasteiger partial charge in [-0.2, -0.15) is 0 Å². The van der Waals surface area contributed by atoms with Crippen LogP contribution in [0.15, 0.2) is 18.2 Å². The highest BCUT2D eigenvalue weighted by molar-refractivity contribution is 6.42. The highest BCUT2D eigenvalue weighted by atomic mass is 35.5. The lowest BCUT2D eigenvalue weighted by Gasteiger charge is -2.23. The second-order valence-corrected chi connectivity index (χ2v) is 5.17. The van der Waals surface area contributed by atoms with E-state index in [-0.39, 0.29) is 18.4 Å². The maximum Gasteiger partial charge on any atom is 0.254 e. The van der Waals surface area contributed by atoms with Crippen LogP contribution in [0.4, 0.5) is 0 Å². The normalized spacial score (nSPS) is 10.2. The number of carbonyl (C=O) groups excluding carboxylic acids is 2. The third kappa shape index (κ3) is 4.12. The first-order valence-corrected chi connectivity index (χ1v) is 7.14. The first-order chi connectivity index (χ1) is 9.40. The minimum atomic E-state index is -0.260. The van der Waals surface area contributed by atoms with Gasteiger partial charge in [0.1, 0.15) is 0 Å². The summed E-state index contributed by atoms with van der Waals surface area (Å²) in [5, 5.41) is 0.714. The fraction of sp³-hybridized carbons (Fsp3) is 0.429. The third-order valence-corrected chi connectivity index (χ3v) is 3.74. The lowest BCUT2D eigenvalue weighted by molar-refractivity contribution is -0.131. The standard InChI is InChI=1S/C14H18Cl2N2O2/c1-4-18(5-2)13(19)9-17(3)14(20)10-6-7-11(15)12(16)8-10/h6-8H,4-5,9H2,1-3H3. The Morgan fingerprint density at radius 1 is 1.10 bits per heavy atom. The maximum atomic E-state index is 12.2. The zero-order valence-electron chi connectivity index (χ0n) is 11.8. The number of likely N-dealkylation sites (N-methyl/N-ethyl adjacent to an activating group) is 2. The minimum absolute atomic E-state index is 0.0424. The molecule has 0 saturated carbocycles. The molecule has 1 aromatic carbocycles. The molecule has 0 N–H and O–H groups in total. The van der Waals surface area contributed by atoms with Crippen LogP contribution in [0.25, 0.3) is 0 Å². The summed E-state index contributed by atoms with van der Waals surface area (Å²) in [6.45, 7) is 5.11. The zero-order chi connectivity index (χ0) is 15.3. The van der Waals surface area contributed by atoms with Gasteiger partial charge >= 0.3 is 0 Å². The van der Waals surface area contributed by atoms with Gasteiger partial charge in [-0.05, 0) is 32.0 Å². The average molecular weight is 317 g/mol. The molecule has 20 heavy (non-hydrogen) atoms. The van der Waals surface area contributed by atoms with Crippen LogP contribution in [0.1, 0.15) is 24.2 Å². The molecule has 110 valence electrons. The summed E-state index contributed by atoms with van der Waals surface area (Å²) in [6.07, 6.45) is 0. The van der Waals surface area contributed by atoms with Crippen molar-refractivity contribution in [2.45, 2.75) is 13.8 Å². The van der Waals surface area contributed by atoms with Crippen LogP contribution in [0, 0.1) is 0 Å². The number of carbonyl (C=O) groups is 2. The van der Waals surface area contributed by atoms with Gasteiger partial charge < -0.3 is 9.80 Å². The van der Waals surface area contributed by atoms with Crippen molar-refractivity contribution in [1.82, 2.24) is 9.80 Å². The molecule has 0 bridgehead atoms. The molecule has 0 aliphatic heterocycles. The summed E-state index contributed by atoms with van der Waals surface area (Å²) in [7, 11) is 1.59. The fourth-order valence-electron chi connectivity index (χ4n) is 1.80. The van der Waals surface area contributed by atoms with E-state index in [0.717, 1.165) is 0 Å². The van der Waals surface area contributed by atoms with Crippen molar-refractivity contribution in [2.75, 3.05) is 26.7 Å². The van der Waals surface area contributed by atoms with E-state index in [1.807, 2.05) is 13.8 Å². The Bertz CT molecular complexity index is 502. The number of benzene rings is 1. The number of amides is 2. The van der Waals surface area contributed by atoms with Gasteiger partial charge in [-0.1, -0.05) is 23.2 Å². The quantitative estimate of drug-likeness (QED) is 0.838. The van der Waals surface area contributed by atoms with Crippen molar-refractivity contribution in [1.29, 1.82) is 0 Å². The van der Waals surface area contributed by atoms with Gasteiger partial charge in [0, 0.05) is 25.7 Å². The van der Waals surface area contributed by atoms with Crippen LogP contribution in [0.2, 0.25) is 10.0 Å². The van der Waals surface area contributed by atoms with E-state index in [1.54, 1.807) is 24.1 Å². The molecular weight excluding hydrogens is 299 g/mol. The topological polar surface area (TPSA) is 40.6 Å². The molecule has 1 aromatic rings. The van der Waals surface area contributed by atoms with Gasteiger partial charge in [0.2, 0.25) is 5.91 Å². The van der Waals surface area contributed by atoms with Gasteiger partial charge in [0.25, 0.3) is 5.91 Å². The molecule has 1 rings (SSSR count). The smallest absolute Gasteiger partial charge is 0.254 e. The maximum absolute atomic E-state index is 12.2. The van der Waals surface area contributed by atoms with E-state index in [4.69, 9.17) is 23.2 Å². The summed E-state index contributed by atoms with van der Waals surface area (Å²) >= 11 is 11.7. The Balaban J connectivity index is 2.76. The molecule has 0 unspecified atom stereocenters. The van der Waals surface area contributed by atoms with Gasteiger partial charge in [0.15, 0.2) is 0 Å². The van der Waals surface area contributed by atoms with Crippen LogP contribution in [0.5, 0.6) is 0 Å². The summed E-state index contributed by atoms with van der Waals surface area (Å²) < 4.78 is 0. The SMILES string of the molecule is CCN(CC)C(=O)CN(C)C(=O)c1ccc(Cl)c(Cl)c1. The first-order valence-electron chi connectivity index (χ1n) is 6.39. The van der Waals surface area contributed by atoms with E-state index in [1.165, 1.54) is 11.0 Å². The highest BCUT2D eigenvalue weighted by Gasteiger charge is 2.18. The first kappa shape index (κ1) is 16.8. The monoisotopic (exact) mass is 316 g/mol. The van der Waals surface area contributed by atoms with E-state index < -0.39 is 0 Å². The summed E-state index contributed by atoms with van der Waals surface area (Å²) in [4.78, 5) is 27.2. The van der Waals surface area contributed by atoms with E-state index in [9.17, 15) is 9.59 Å². The molecule has 0 spiro atoms. The number of rotatable bonds is 5. The van der Waals surface area contributed by atoms with Crippen LogP contribution in [-0.4, -0.2) is 48.3 Å². The highest BCUT2D eigenvalue weighted by Crippen LogP contribution is 2.23. The zero-order valence-corrected chi connectivity index (χ0v) is 13.3. The van der Waals surface area contributed by atoms with Crippen LogP contribution in [-0.2, 0) is 4.79 Å². The number of nitrogens with zero attached hydrogens (tertiary/aromatic N) is 2. The summed E-state index contributed by atoms with van der Waals surface area (Å²) in [5.74, 6) is -0.338. The van der Waals surface area contributed by atoms with Crippen molar-refractivity contribution in [3.63, 3.8) is 0 Å². The molecule has 6 heteroatoms. The lowest BCUT2D eigenvalue weighted by atomic mass is 10.2. The Morgan fingerprint density at radius 2 is 1.70 bits per heavy atom. The van der Waals surface area contributed by atoms with Crippen LogP contribution < -0.4 is 0 Å². The molecule has 0 heterocycles. The molecule has 0 saturated heterocycles. The van der Waals surface area contributed by atoms with Crippen molar-refractivity contribution >= 4 is 35.0 Å². The number of halogens is 2. The molecular formula is C14H18Cl2N2O2. The van der Waals surface area contributed by atoms with Gasteiger partial charge in [-0.15, -0.1) is 0 Å². The average Bonchev–Trinajstić information content (AvgIpc) is 2.42. The second-order valence-electron chi connectivity index (χ2n) is 4.36. The molecule has 0 aromatic heterocycles.